The number of carbonyl (C=O) groups is 3. The van der Waals surface area contributed by atoms with E-state index in [4.69, 9.17) is 0 Å². The molecule has 1 atom stereocenters. The van der Waals surface area contributed by atoms with Crippen molar-refractivity contribution in [3.05, 3.63) is 47.8 Å². The molecule has 2 N–H and O–H groups in total. The Morgan fingerprint density at radius 3 is 2.69 bits per heavy atom. The monoisotopic (exact) mass is 436 g/mol. The van der Waals surface area contributed by atoms with E-state index in [1.54, 1.807) is 27.9 Å². The van der Waals surface area contributed by atoms with Gasteiger partial charge in [-0.15, -0.1) is 0 Å². The predicted molar refractivity (Wildman–Crippen MR) is 116 cm³/mol. The van der Waals surface area contributed by atoms with Crippen LogP contribution in [0.3, 0.4) is 0 Å². The van der Waals surface area contributed by atoms with Gasteiger partial charge in [-0.05, 0) is 44.2 Å². The summed E-state index contributed by atoms with van der Waals surface area (Å²) in [5, 5.41) is 5.99. The largest absolute Gasteiger partial charge is 0.351 e. The summed E-state index contributed by atoms with van der Waals surface area (Å²) in [5.74, 6) is -0.830. The molecule has 3 amide bonds. The number of hydrogen-bond donors (Lipinski definition) is 2. The van der Waals surface area contributed by atoms with E-state index in [0.29, 0.717) is 6.54 Å². The highest BCUT2D eigenvalue weighted by molar-refractivity contribution is 6.07. The van der Waals surface area contributed by atoms with Gasteiger partial charge in [0, 0.05) is 31.0 Å². The van der Waals surface area contributed by atoms with Crippen molar-refractivity contribution in [1.29, 1.82) is 0 Å². The first-order chi connectivity index (χ1) is 15.5. The molecule has 3 aliphatic rings. The fourth-order valence-corrected chi connectivity index (χ4v) is 4.90. The Bertz CT molecular complexity index is 1040. The zero-order valence-corrected chi connectivity index (χ0v) is 18.2. The predicted octanol–water partition coefficient (Wildman–Crippen LogP) is 1.64. The van der Waals surface area contributed by atoms with Crippen LogP contribution in [0.4, 0.5) is 0 Å². The average molecular weight is 437 g/mol. The summed E-state index contributed by atoms with van der Waals surface area (Å²) in [4.78, 5) is 49.8. The summed E-state index contributed by atoms with van der Waals surface area (Å²) in [6, 6.07) is 3.86. The van der Waals surface area contributed by atoms with Crippen LogP contribution >= 0.6 is 0 Å². The molecule has 0 bridgehead atoms. The van der Waals surface area contributed by atoms with E-state index in [1.165, 1.54) is 6.33 Å². The van der Waals surface area contributed by atoms with Crippen LogP contribution < -0.4 is 10.6 Å². The lowest BCUT2D eigenvalue weighted by atomic mass is 9.93. The van der Waals surface area contributed by atoms with Crippen LogP contribution in [-0.4, -0.2) is 54.8 Å². The van der Waals surface area contributed by atoms with Crippen molar-refractivity contribution in [1.82, 2.24) is 30.1 Å². The number of nitrogens with one attached hydrogen (secondary N) is 2. The standard InChI is InChI=1S/C23H28N6O3/c1-23(22(32)27-16-6-2-3-7-16)13-28-14-26-18(19(28)21(31)29(23)17-8-9-17)20(30)25-12-15-5-4-10-24-11-15/h4-5,10-11,14,16-17H,2-3,6-9,12-13H2,1H3,(H,25,30)(H,27,32)/t23-/m0/s1. The molecule has 1 aliphatic heterocycles. The average Bonchev–Trinajstić information content (AvgIpc) is 3.30. The zero-order chi connectivity index (χ0) is 22.3. The van der Waals surface area contributed by atoms with Gasteiger partial charge in [0.15, 0.2) is 5.69 Å². The van der Waals surface area contributed by atoms with Crippen molar-refractivity contribution in [3.63, 3.8) is 0 Å². The number of rotatable bonds is 6. The number of nitrogens with zero attached hydrogens (tertiary/aromatic N) is 4. The molecular weight excluding hydrogens is 408 g/mol. The minimum atomic E-state index is -1.00. The van der Waals surface area contributed by atoms with Crippen LogP contribution in [0.25, 0.3) is 0 Å². The molecule has 0 saturated heterocycles. The molecule has 0 aromatic carbocycles. The molecule has 3 heterocycles. The summed E-state index contributed by atoms with van der Waals surface area (Å²) in [6.07, 6.45) is 10.8. The summed E-state index contributed by atoms with van der Waals surface area (Å²) < 4.78 is 1.66. The van der Waals surface area contributed by atoms with Gasteiger partial charge in [0.05, 0.1) is 12.9 Å². The second-order valence-electron chi connectivity index (χ2n) is 9.25. The SMILES string of the molecule is C[C@@]1(C(=O)NC2CCCC2)Cn2cnc(C(=O)NCc3cccnc3)c2C(=O)N1C1CC1. The van der Waals surface area contributed by atoms with E-state index in [1.807, 2.05) is 13.0 Å². The van der Waals surface area contributed by atoms with Gasteiger partial charge in [-0.3, -0.25) is 19.4 Å². The van der Waals surface area contributed by atoms with Crippen molar-refractivity contribution in [2.75, 3.05) is 0 Å². The molecular formula is C23H28N6O3. The van der Waals surface area contributed by atoms with Crippen molar-refractivity contribution < 1.29 is 14.4 Å². The van der Waals surface area contributed by atoms with Crippen molar-refractivity contribution in [3.8, 4) is 0 Å². The third kappa shape index (κ3) is 3.65. The maximum Gasteiger partial charge on any atom is 0.274 e. The van der Waals surface area contributed by atoms with E-state index in [9.17, 15) is 14.4 Å². The number of hydrogen-bond acceptors (Lipinski definition) is 5. The van der Waals surface area contributed by atoms with Crippen LogP contribution in [0.5, 0.6) is 0 Å². The zero-order valence-electron chi connectivity index (χ0n) is 18.2. The molecule has 2 saturated carbocycles. The first kappa shape index (κ1) is 20.7. The molecule has 32 heavy (non-hydrogen) atoms. The van der Waals surface area contributed by atoms with Crippen LogP contribution in [0, 0.1) is 0 Å². The van der Waals surface area contributed by atoms with Crippen LogP contribution in [0.1, 0.15) is 72.0 Å². The maximum atomic E-state index is 13.6. The highest BCUT2D eigenvalue weighted by Gasteiger charge is 2.54. The van der Waals surface area contributed by atoms with E-state index < -0.39 is 11.4 Å². The lowest BCUT2D eigenvalue weighted by molar-refractivity contribution is -0.134. The fraction of sp³-hybridized carbons (Fsp3) is 0.522. The Balaban J connectivity index is 1.39. The number of imidazole rings is 1. The number of pyridine rings is 1. The van der Waals surface area contributed by atoms with Gasteiger partial charge >= 0.3 is 0 Å². The second kappa shape index (κ2) is 8.03. The smallest absolute Gasteiger partial charge is 0.274 e. The van der Waals surface area contributed by atoms with E-state index in [-0.39, 0.29) is 41.8 Å². The normalized spacial score (nSPS) is 23.2. The first-order valence-electron chi connectivity index (χ1n) is 11.3. The van der Waals surface area contributed by atoms with Gasteiger partial charge < -0.3 is 20.1 Å². The lowest BCUT2D eigenvalue weighted by Crippen LogP contribution is -2.65. The van der Waals surface area contributed by atoms with Gasteiger partial charge in [0.25, 0.3) is 11.8 Å². The lowest BCUT2D eigenvalue weighted by Gasteiger charge is -2.44. The molecule has 5 rings (SSSR count). The Hall–Kier alpha value is -3.23. The highest BCUT2D eigenvalue weighted by atomic mass is 16.2. The number of amides is 3. The van der Waals surface area contributed by atoms with Crippen molar-refractivity contribution in [2.24, 2.45) is 0 Å². The van der Waals surface area contributed by atoms with E-state index in [0.717, 1.165) is 44.1 Å². The Morgan fingerprint density at radius 2 is 2.00 bits per heavy atom. The van der Waals surface area contributed by atoms with Crippen LogP contribution in [-0.2, 0) is 17.9 Å². The topological polar surface area (TPSA) is 109 Å². The second-order valence-corrected chi connectivity index (χ2v) is 9.25. The number of aromatic nitrogens is 3. The fourth-order valence-electron chi connectivity index (χ4n) is 4.90. The highest BCUT2D eigenvalue weighted by Crippen LogP contribution is 2.39. The van der Waals surface area contributed by atoms with E-state index >= 15 is 0 Å². The van der Waals surface area contributed by atoms with Gasteiger partial charge in [0.2, 0.25) is 5.91 Å². The Morgan fingerprint density at radius 1 is 1.22 bits per heavy atom. The van der Waals surface area contributed by atoms with Gasteiger partial charge in [-0.1, -0.05) is 18.9 Å². The first-order valence-corrected chi connectivity index (χ1v) is 11.3. The molecule has 2 aliphatic carbocycles. The molecule has 2 fully saturated rings. The van der Waals surface area contributed by atoms with Gasteiger partial charge in [-0.25, -0.2) is 4.98 Å². The van der Waals surface area contributed by atoms with Crippen molar-refractivity contribution >= 4 is 17.7 Å². The van der Waals surface area contributed by atoms with Gasteiger partial charge in [0.1, 0.15) is 11.2 Å². The molecule has 2 aromatic rings. The minimum absolute atomic E-state index is 0.0248. The quantitative estimate of drug-likeness (QED) is 0.716. The molecule has 2 aromatic heterocycles. The van der Waals surface area contributed by atoms with Crippen molar-refractivity contribution in [2.45, 2.75) is 76.2 Å². The van der Waals surface area contributed by atoms with Crippen LogP contribution in [0.15, 0.2) is 30.9 Å². The Kier molecular flexibility index (Phi) is 5.19. The minimum Gasteiger partial charge on any atom is -0.351 e. The summed E-state index contributed by atoms with van der Waals surface area (Å²) >= 11 is 0. The third-order valence-corrected chi connectivity index (χ3v) is 6.75. The third-order valence-electron chi connectivity index (χ3n) is 6.75. The van der Waals surface area contributed by atoms with Gasteiger partial charge in [-0.2, -0.15) is 0 Å². The summed E-state index contributed by atoms with van der Waals surface area (Å²) in [7, 11) is 0. The summed E-state index contributed by atoms with van der Waals surface area (Å²) in [5.41, 5.74) is 0.211. The Labute approximate surface area is 186 Å². The maximum absolute atomic E-state index is 13.6. The molecule has 9 nitrogen and oxygen atoms in total. The molecule has 0 unspecified atom stereocenters. The molecule has 0 radical (unpaired) electrons. The number of carbonyl (C=O) groups excluding carboxylic acids is 3. The van der Waals surface area contributed by atoms with E-state index in [2.05, 4.69) is 20.6 Å². The van der Waals surface area contributed by atoms with Crippen LogP contribution in [0.2, 0.25) is 0 Å². The molecule has 168 valence electrons. The summed E-state index contributed by atoms with van der Waals surface area (Å²) in [6.45, 7) is 2.41. The number of fused-ring (bicyclic) bond motifs is 1. The molecule has 9 heteroatoms. The molecule has 0 spiro atoms.